The van der Waals surface area contributed by atoms with Gasteiger partial charge >= 0.3 is 0 Å². The number of hydrogen-bond acceptors (Lipinski definition) is 4. The highest BCUT2D eigenvalue weighted by molar-refractivity contribution is 7.89. The summed E-state index contributed by atoms with van der Waals surface area (Å²) >= 11 is 0. The number of amides is 1. The Labute approximate surface area is 158 Å². The molecule has 3 rings (SSSR count). The molecule has 1 atom stereocenters. The lowest BCUT2D eigenvalue weighted by Gasteiger charge is -2.31. The van der Waals surface area contributed by atoms with E-state index in [4.69, 9.17) is 0 Å². The van der Waals surface area contributed by atoms with E-state index in [1.165, 1.54) is 16.4 Å². The predicted molar refractivity (Wildman–Crippen MR) is 97.6 cm³/mol. The molecule has 9 heteroatoms. The molecule has 1 aromatic heterocycles. The first-order chi connectivity index (χ1) is 12.9. The lowest BCUT2D eigenvalue weighted by molar-refractivity contribution is -0.126. The Morgan fingerprint density at radius 1 is 1.30 bits per heavy atom. The largest absolute Gasteiger partial charge is 0.350 e. The third kappa shape index (κ3) is 4.54. The van der Waals surface area contributed by atoms with Crippen molar-refractivity contribution in [2.24, 2.45) is 5.92 Å². The van der Waals surface area contributed by atoms with Gasteiger partial charge in [-0.15, -0.1) is 0 Å². The average Bonchev–Trinajstić information content (AvgIpc) is 3.14. The molecule has 1 N–H and O–H groups in total. The molecule has 0 bridgehead atoms. The van der Waals surface area contributed by atoms with Crippen LogP contribution in [0.4, 0.5) is 4.39 Å². The maximum absolute atomic E-state index is 13.1. The van der Waals surface area contributed by atoms with Crippen molar-refractivity contribution < 1.29 is 17.6 Å². The number of nitrogens with zero attached hydrogens (tertiary/aromatic N) is 3. The van der Waals surface area contributed by atoms with Crippen LogP contribution in [0.2, 0.25) is 0 Å². The van der Waals surface area contributed by atoms with Gasteiger partial charge in [0.2, 0.25) is 15.9 Å². The van der Waals surface area contributed by atoms with Gasteiger partial charge < -0.3 is 5.32 Å². The molecule has 0 radical (unpaired) electrons. The number of hydrogen-bond donors (Lipinski definition) is 1. The minimum atomic E-state index is -3.74. The number of aryl methyl sites for hydroxylation is 1. The molecule has 1 amide bonds. The average molecular weight is 394 g/mol. The van der Waals surface area contributed by atoms with Gasteiger partial charge in [-0.05, 0) is 50.1 Å². The Bertz CT molecular complexity index is 896. The molecule has 0 unspecified atom stereocenters. The molecule has 0 aliphatic carbocycles. The van der Waals surface area contributed by atoms with Crippen molar-refractivity contribution in [1.29, 1.82) is 0 Å². The molecular weight excluding hydrogens is 371 g/mol. The SMILES string of the molecule is CCn1ccc(CNC(=O)[C@H]2CCCN(S(=O)(=O)c3ccc(F)cc3)C2)n1. The second-order valence-corrected chi connectivity index (χ2v) is 8.47. The maximum atomic E-state index is 13.1. The Morgan fingerprint density at radius 3 is 2.70 bits per heavy atom. The summed E-state index contributed by atoms with van der Waals surface area (Å²) < 4.78 is 41.6. The standard InChI is InChI=1S/C18H23FN4O3S/c1-2-22-11-9-16(21-22)12-20-18(24)14-4-3-10-23(13-14)27(25,26)17-7-5-15(19)6-8-17/h5-9,11,14H,2-4,10,12-13H2,1H3,(H,20,24)/t14-/m0/s1. The number of aromatic nitrogens is 2. The summed E-state index contributed by atoms with van der Waals surface area (Å²) in [5.41, 5.74) is 0.761. The van der Waals surface area contributed by atoms with E-state index in [2.05, 4.69) is 10.4 Å². The van der Waals surface area contributed by atoms with E-state index in [1.807, 2.05) is 19.2 Å². The Kier molecular flexibility index (Phi) is 5.91. The van der Waals surface area contributed by atoms with E-state index in [-0.39, 0.29) is 17.3 Å². The topological polar surface area (TPSA) is 84.3 Å². The van der Waals surface area contributed by atoms with E-state index < -0.39 is 21.8 Å². The third-order valence-corrected chi connectivity index (χ3v) is 6.55. The minimum absolute atomic E-state index is 0.0371. The molecule has 2 aromatic rings. The van der Waals surface area contributed by atoms with E-state index in [0.717, 1.165) is 24.4 Å². The van der Waals surface area contributed by atoms with Crippen LogP contribution in [0.3, 0.4) is 0 Å². The van der Waals surface area contributed by atoms with Crippen molar-refractivity contribution in [2.75, 3.05) is 13.1 Å². The van der Waals surface area contributed by atoms with Gasteiger partial charge in [-0.3, -0.25) is 9.48 Å². The number of rotatable bonds is 6. The molecule has 0 saturated carbocycles. The summed E-state index contributed by atoms with van der Waals surface area (Å²) in [7, 11) is -3.74. The second kappa shape index (κ2) is 8.18. The first-order valence-electron chi connectivity index (χ1n) is 8.96. The second-order valence-electron chi connectivity index (χ2n) is 6.54. The molecule has 1 aliphatic rings. The monoisotopic (exact) mass is 394 g/mol. The number of nitrogens with one attached hydrogen (secondary N) is 1. The van der Waals surface area contributed by atoms with Crippen LogP contribution in [0.1, 0.15) is 25.5 Å². The van der Waals surface area contributed by atoms with Crippen molar-refractivity contribution in [3.8, 4) is 0 Å². The number of halogens is 1. The van der Waals surface area contributed by atoms with E-state index in [1.54, 1.807) is 4.68 Å². The summed E-state index contributed by atoms with van der Waals surface area (Å²) in [6, 6.07) is 6.58. The van der Waals surface area contributed by atoms with Crippen LogP contribution < -0.4 is 5.32 Å². The number of benzene rings is 1. The van der Waals surface area contributed by atoms with E-state index >= 15 is 0 Å². The highest BCUT2D eigenvalue weighted by Gasteiger charge is 2.33. The van der Waals surface area contributed by atoms with Gasteiger partial charge in [0.25, 0.3) is 0 Å². The molecule has 2 heterocycles. The van der Waals surface area contributed by atoms with E-state index in [0.29, 0.717) is 25.9 Å². The quantitative estimate of drug-likeness (QED) is 0.809. The van der Waals surface area contributed by atoms with Gasteiger partial charge in [0.05, 0.1) is 23.1 Å². The van der Waals surface area contributed by atoms with Gasteiger partial charge in [-0.25, -0.2) is 12.8 Å². The van der Waals surface area contributed by atoms with Crippen molar-refractivity contribution in [2.45, 2.75) is 37.8 Å². The zero-order valence-electron chi connectivity index (χ0n) is 15.1. The fourth-order valence-corrected chi connectivity index (χ4v) is 4.65. The molecule has 1 saturated heterocycles. The first-order valence-corrected chi connectivity index (χ1v) is 10.4. The molecular formula is C18H23FN4O3S. The van der Waals surface area contributed by atoms with Crippen LogP contribution in [0.15, 0.2) is 41.4 Å². The first kappa shape index (κ1) is 19.5. The van der Waals surface area contributed by atoms with E-state index in [9.17, 15) is 17.6 Å². The highest BCUT2D eigenvalue weighted by atomic mass is 32.2. The fraction of sp³-hybridized carbons (Fsp3) is 0.444. The molecule has 1 aliphatic heterocycles. The Balaban J connectivity index is 1.62. The molecule has 1 aromatic carbocycles. The number of sulfonamides is 1. The van der Waals surface area contributed by atoms with Crippen LogP contribution in [0, 0.1) is 11.7 Å². The van der Waals surface area contributed by atoms with Crippen LogP contribution in [0.5, 0.6) is 0 Å². The lowest BCUT2D eigenvalue weighted by atomic mass is 9.99. The summed E-state index contributed by atoms with van der Waals surface area (Å²) in [5.74, 6) is -1.09. The number of carbonyl (C=O) groups excluding carboxylic acids is 1. The molecule has 1 fully saturated rings. The van der Waals surface area contributed by atoms with Crippen LogP contribution in [0.25, 0.3) is 0 Å². The van der Waals surface area contributed by atoms with Crippen LogP contribution >= 0.6 is 0 Å². The molecule has 146 valence electrons. The van der Waals surface area contributed by atoms with Crippen molar-refractivity contribution in [3.63, 3.8) is 0 Å². The van der Waals surface area contributed by atoms with Crippen molar-refractivity contribution in [1.82, 2.24) is 19.4 Å². The van der Waals surface area contributed by atoms with Crippen molar-refractivity contribution >= 4 is 15.9 Å². The summed E-state index contributed by atoms with van der Waals surface area (Å²) in [6.07, 6.45) is 3.08. The highest BCUT2D eigenvalue weighted by Crippen LogP contribution is 2.24. The van der Waals surface area contributed by atoms with Gasteiger partial charge in [0.15, 0.2) is 0 Å². The van der Waals surface area contributed by atoms with Gasteiger partial charge in [0.1, 0.15) is 5.82 Å². The van der Waals surface area contributed by atoms with Crippen LogP contribution in [-0.2, 0) is 27.9 Å². The normalized spacial score (nSPS) is 18.4. The summed E-state index contributed by atoms with van der Waals surface area (Å²) in [6.45, 7) is 3.52. The maximum Gasteiger partial charge on any atom is 0.243 e. The lowest BCUT2D eigenvalue weighted by Crippen LogP contribution is -2.45. The fourth-order valence-electron chi connectivity index (χ4n) is 3.13. The zero-order valence-corrected chi connectivity index (χ0v) is 16.0. The Hall–Kier alpha value is -2.26. The number of carbonyl (C=O) groups is 1. The number of piperidine rings is 1. The van der Waals surface area contributed by atoms with Gasteiger partial charge in [-0.2, -0.15) is 9.40 Å². The molecule has 0 spiro atoms. The predicted octanol–water partition coefficient (Wildman–Crippen LogP) is 1.76. The zero-order chi connectivity index (χ0) is 19.4. The molecule has 27 heavy (non-hydrogen) atoms. The smallest absolute Gasteiger partial charge is 0.243 e. The van der Waals surface area contributed by atoms with Crippen molar-refractivity contribution in [3.05, 3.63) is 48.0 Å². The van der Waals surface area contributed by atoms with Gasteiger partial charge in [-0.1, -0.05) is 0 Å². The summed E-state index contributed by atoms with van der Waals surface area (Å²) in [4.78, 5) is 12.5. The minimum Gasteiger partial charge on any atom is -0.350 e. The van der Waals surface area contributed by atoms with Gasteiger partial charge in [0, 0.05) is 25.8 Å². The molecule has 7 nitrogen and oxygen atoms in total. The third-order valence-electron chi connectivity index (χ3n) is 4.67. The summed E-state index contributed by atoms with van der Waals surface area (Å²) in [5, 5.41) is 7.15. The van der Waals surface area contributed by atoms with Crippen LogP contribution in [-0.4, -0.2) is 41.5 Å². The Morgan fingerprint density at radius 2 is 2.04 bits per heavy atom.